The number of hydrogen-bond acceptors (Lipinski definition) is 2. The van der Waals surface area contributed by atoms with Gasteiger partial charge in [-0.25, -0.2) is 0 Å². The molecule has 0 unspecified atom stereocenters. The Morgan fingerprint density at radius 2 is 0.797 bits per heavy atom. The average molecular weight is 897 g/mol. The average Bonchev–Trinajstić information content (AvgIpc) is 3.98. The number of hydrogen-bond donors (Lipinski definition) is 0. The molecule has 0 N–H and O–H groups in total. The minimum absolute atomic E-state index is 1.07. The van der Waals surface area contributed by atoms with E-state index in [4.69, 9.17) is 0 Å². The summed E-state index contributed by atoms with van der Waals surface area (Å²) in [6.07, 6.45) is 0. The van der Waals surface area contributed by atoms with Crippen LogP contribution in [0.2, 0.25) is 0 Å². The zero-order valence-electron chi connectivity index (χ0n) is 37.7. The van der Waals surface area contributed by atoms with Crippen molar-refractivity contribution < 1.29 is 0 Å². The van der Waals surface area contributed by atoms with Gasteiger partial charge < -0.3 is 9.47 Å². The van der Waals surface area contributed by atoms with Crippen molar-refractivity contribution in [3.05, 3.63) is 267 Å². The van der Waals surface area contributed by atoms with E-state index >= 15 is 0 Å². The molecule has 0 amide bonds. The van der Waals surface area contributed by atoms with E-state index in [9.17, 15) is 0 Å². The number of thiophene rings is 1. The second-order valence-corrected chi connectivity index (χ2v) is 18.7. The van der Waals surface area contributed by atoms with Crippen LogP contribution in [0.25, 0.3) is 103 Å². The maximum absolute atomic E-state index is 2.45. The molecule has 13 rings (SSSR count). The van der Waals surface area contributed by atoms with E-state index < -0.39 is 0 Å². The molecule has 0 aliphatic carbocycles. The molecular weight excluding hydrogens is 853 g/mol. The van der Waals surface area contributed by atoms with Crippen molar-refractivity contribution in [1.29, 1.82) is 0 Å². The van der Waals surface area contributed by atoms with E-state index in [0.29, 0.717) is 0 Å². The summed E-state index contributed by atoms with van der Waals surface area (Å²) in [5.41, 5.74) is 18.7. The predicted molar refractivity (Wildman–Crippen MR) is 296 cm³/mol. The van der Waals surface area contributed by atoms with Crippen LogP contribution in [0.3, 0.4) is 0 Å². The monoisotopic (exact) mass is 896 g/mol. The van der Waals surface area contributed by atoms with Crippen LogP contribution in [0.15, 0.2) is 267 Å². The lowest BCUT2D eigenvalue weighted by Crippen LogP contribution is -2.11. The largest absolute Gasteiger partial charge is 0.310 e. The quantitative estimate of drug-likeness (QED) is 0.140. The van der Waals surface area contributed by atoms with Crippen molar-refractivity contribution in [3.8, 4) is 61.3 Å². The number of fused-ring (bicyclic) bond motifs is 6. The lowest BCUT2D eigenvalue weighted by atomic mass is 9.88. The van der Waals surface area contributed by atoms with Crippen molar-refractivity contribution in [3.63, 3.8) is 0 Å². The molecule has 3 heteroatoms. The van der Waals surface area contributed by atoms with E-state index in [-0.39, 0.29) is 0 Å². The van der Waals surface area contributed by atoms with E-state index in [1.165, 1.54) is 86.5 Å². The van der Waals surface area contributed by atoms with Crippen molar-refractivity contribution in [2.75, 3.05) is 4.90 Å². The highest BCUT2D eigenvalue weighted by Gasteiger charge is 2.22. The van der Waals surface area contributed by atoms with Crippen molar-refractivity contribution in [2.45, 2.75) is 0 Å². The van der Waals surface area contributed by atoms with Gasteiger partial charge in [-0.1, -0.05) is 200 Å². The smallest absolute Gasteiger partial charge is 0.0547 e. The highest BCUT2D eigenvalue weighted by Crippen LogP contribution is 2.48. The van der Waals surface area contributed by atoms with Crippen LogP contribution in [0.5, 0.6) is 0 Å². The van der Waals surface area contributed by atoms with Gasteiger partial charge in [-0.2, -0.15) is 0 Å². The normalized spacial score (nSPS) is 11.5. The topological polar surface area (TPSA) is 8.17 Å². The van der Waals surface area contributed by atoms with Crippen LogP contribution in [-0.2, 0) is 0 Å². The van der Waals surface area contributed by atoms with Gasteiger partial charge in [-0.15, -0.1) is 11.3 Å². The summed E-state index contributed by atoms with van der Waals surface area (Å²) in [6, 6.07) is 97.4. The number of anilines is 3. The first kappa shape index (κ1) is 40.5. The lowest BCUT2D eigenvalue weighted by molar-refractivity contribution is 1.18. The number of para-hydroxylation sites is 3. The minimum Gasteiger partial charge on any atom is -0.310 e. The first-order chi connectivity index (χ1) is 34.3. The van der Waals surface area contributed by atoms with Crippen molar-refractivity contribution in [2.24, 2.45) is 0 Å². The van der Waals surface area contributed by atoms with E-state index in [1.807, 2.05) is 11.3 Å². The minimum atomic E-state index is 1.07. The highest BCUT2D eigenvalue weighted by molar-refractivity contribution is 7.25. The third kappa shape index (κ3) is 7.02. The molecule has 2 nitrogen and oxygen atoms in total. The van der Waals surface area contributed by atoms with Gasteiger partial charge in [0.15, 0.2) is 0 Å². The summed E-state index contributed by atoms with van der Waals surface area (Å²) < 4.78 is 5.01. The molecule has 13 aromatic rings. The van der Waals surface area contributed by atoms with Crippen LogP contribution in [0.1, 0.15) is 0 Å². The number of rotatable bonds is 9. The molecule has 2 aromatic heterocycles. The van der Waals surface area contributed by atoms with Crippen LogP contribution < -0.4 is 4.90 Å². The Bertz CT molecular complexity index is 4010. The summed E-state index contributed by atoms with van der Waals surface area (Å²) in [5.74, 6) is 0. The Labute approximate surface area is 405 Å². The number of nitrogens with zero attached hydrogens (tertiary/aromatic N) is 2. The Hall–Kier alpha value is -8.76. The molecule has 0 saturated carbocycles. The van der Waals surface area contributed by atoms with Gasteiger partial charge in [0.1, 0.15) is 0 Å². The molecule has 0 bridgehead atoms. The third-order valence-corrected chi connectivity index (χ3v) is 14.8. The van der Waals surface area contributed by atoms with Gasteiger partial charge in [0.05, 0.1) is 16.7 Å². The predicted octanol–water partition coefficient (Wildman–Crippen LogP) is 19.0. The summed E-state index contributed by atoms with van der Waals surface area (Å²) in [7, 11) is 0. The molecule has 69 heavy (non-hydrogen) atoms. The van der Waals surface area contributed by atoms with Crippen LogP contribution in [-0.4, -0.2) is 4.57 Å². The Morgan fingerprint density at radius 1 is 0.290 bits per heavy atom. The molecule has 0 aliphatic heterocycles. The van der Waals surface area contributed by atoms with Gasteiger partial charge in [0.25, 0.3) is 0 Å². The fraction of sp³-hybridized carbons (Fsp3) is 0. The van der Waals surface area contributed by atoms with Crippen molar-refractivity contribution in [1.82, 2.24) is 4.57 Å². The third-order valence-electron chi connectivity index (χ3n) is 13.6. The fourth-order valence-electron chi connectivity index (χ4n) is 10.6. The van der Waals surface area contributed by atoms with Gasteiger partial charge >= 0.3 is 0 Å². The summed E-state index contributed by atoms with van der Waals surface area (Å²) in [5, 5.41) is 5.09. The van der Waals surface area contributed by atoms with E-state index in [1.54, 1.807) is 0 Å². The molecule has 0 radical (unpaired) electrons. The molecule has 0 aliphatic rings. The molecular formula is C66H44N2S. The Balaban J connectivity index is 1.01. The van der Waals surface area contributed by atoms with E-state index in [2.05, 4.69) is 276 Å². The summed E-state index contributed by atoms with van der Waals surface area (Å²) in [6.45, 7) is 0. The first-order valence-electron chi connectivity index (χ1n) is 23.6. The first-order valence-corrected chi connectivity index (χ1v) is 24.4. The van der Waals surface area contributed by atoms with Crippen LogP contribution in [0, 0.1) is 0 Å². The molecule has 11 aromatic carbocycles. The maximum Gasteiger partial charge on any atom is 0.0547 e. The second kappa shape index (κ2) is 17.2. The van der Waals surface area contributed by atoms with Gasteiger partial charge in [-0.05, 0) is 117 Å². The lowest BCUT2D eigenvalue weighted by Gasteiger charge is -2.29. The van der Waals surface area contributed by atoms with E-state index in [0.717, 1.165) is 33.9 Å². The fourth-order valence-corrected chi connectivity index (χ4v) is 11.7. The number of benzene rings is 11. The Morgan fingerprint density at radius 3 is 1.58 bits per heavy atom. The molecule has 0 atom stereocenters. The van der Waals surface area contributed by atoms with Gasteiger partial charge in [0.2, 0.25) is 0 Å². The van der Waals surface area contributed by atoms with Gasteiger partial charge in [0, 0.05) is 53.6 Å². The Kier molecular flexibility index (Phi) is 10.1. The molecule has 0 saturated heterocycles. The highest BCUT2D eigenvalue weighted by atomic mass is 32.1. The molecule has 2 heterocycles. The van der Waals surface area contributed by atoms with Gasteiger partial charge in [-0.3, -0.25) is 0 Å². The second-order valence-electron chi connectivity index (χ2n) is 17.6. The SMILES string of the molecule is c1ccc(-c2ccccc2-c2ccccc2-c2ccccc2N(c2ccc(-c3cccc4sc5ccccc5c34)cc2)c2cccc(-c3cccc4c3c3ccccc3n4-c3ccccc3)c2)cc1. The summed E-state index contributed by atoms with van der Waals surface area (Å²) >= 11 is 1.86. The molecule has 0 spiro atoms. The molecule has 324 valence electrons. The van der Waals surface area contributed by atoms with Crippen LogP contribution in [0.4, 0.5) is 17.1 Å². The molecule has 0 fully saturated rings. The van der Waals surface area contributed by atoms with Crippen molar-refractivity contribution >= 4 is 70.4 Å². The zero-order valence-corrected chi connectivity index (χ0v) is 38.5. The zero-order chi connectivity index (χ0) is 45.7. The number of aromatic nitrogens is 1. The summed E-state index contributed by atoms with van der Waals surface area (Å²) in [4.78, 5) is 2.45. The standard InChI is InChI=1S/C66H44N2S/c1-3-20-45(21-4-1)51-26-7-8-27-54(51)55-28-9-10-29-56(55)57-30-11-14-35-60(57)67(49-42-40-46(41-43-49)52-34-19-39-64-66(52)59-32-13-16-38-63(59)69-64)50-25-17-22-47(44-50)53-33-18-37-62-65(53)58-31-12-15-36-61(58)68(62)48-23-5-2-6-24-48/h1-44H. The van der Waals surface area contributed by atoms with Crippen LogP contribution >= 0.6 is 11.3 Å². The maximum atomic E-state index is 2.45.